The average Bonchev–Trinajstić information content (AvgIpc) is 3.57. The molecule has 214 valence electrons. The van der Waals surface area contributed by atoms with Crippen LogP contribution < -0.4 is 24.8 Å². The van der Waals surface area contributed by atoms with E-state index < -0.39 is 21.3 Å². The van der Waals surface area contributed by atoms with E-state index in [-0.39, 0.29) is 35.6 Å². The molecule has 1 atom stereocenters. The quantitative estimate of drug-likeness (QED) is 0.381. The summed E-state index contributed by atoms with van der Waals surface area (Å²) in [6, 6.07) is 10.4. The van der Waals surface area contributed by atoms with Crippen molar-refractivity contribution in [3.05, 3.63) is 91.3 Å². The molecule has 0 spiro atoms. The Morgan fingerprint density at radius 2 is 1.39 bits per heavy atom. The molecule has 2 aromatic carbocycles. The van der Waals surface area contributed by atoms with Gasteiger partial charge in [-0.05, 0) is 0 Å². The average molecular weight is 663 g/mol. The number of fused-ring (bicyclic) bond motifs is 5. The molecule has 0 aromatic heterocycles. The van der Waals surface area contributed by atoms with Gasteiger partial charge in [0.1, 0.15) is 0 Å². The Morgan fingerprint density at radius 1 is 0.756 bits per heavy atom. The van der Waals surface area contributed by atoms with Crippen molar-refractivity contribution in [3.8, 4) is 11.1 Å². The van der Waals surface area contributed by atoms with Crippen molar-refractivity contribution in [3.63, 3.8) is 0 Å². The zero-order chi connectivity index (χ0) is 27.1. The van der Waals surface area contributed by atoms with Crippen LogP contribution in [0.3, 0.4) is 0 Å². The Labute approximate surface area is 268 Å². The molecule has 0 bridgehead atoms. The molecule has 41 heavy (non-hydrogen) atoms. The third kappa shape index (κ3) is 5.05. The van der Waals surface area contributed by atoms with Crippen molar-refractivity contribution < 1.29 is 46.1 Å². The third-order valence-corrected chi connectivity index (χ3v) is 20.2. The fourth-order valence-electron chi connectivity index (χ4n) is 8.36. The molecule has 0 N–H and O–H groups in total. The summed E-state index contributed by atoms with van der Waals surface area (Å²) in [5.41, 5.74) is 15.6. The molecule has 7 rings (SSSR count). The Balaban J connectivity index is 0.00000169. The number of rotatable bonds is 2. The Bertz CT molecular complexity index is 1570. The summed E-state index contributed by atoms with van der Waals surface area (Å²) in [5.74, 6) is 0. The van der Waals surface area contributed by atoms with E-state index in [1.54, 1.807) is 22.3 Å². The number of benzene rings is 2. The van der Waals surface area contributed by atoms with Crippen LogP contribution >= 0.6 is 0 Å². The van der Waals surface area contributed by atoms with Crippen LogP contribution in [0.2, 0.25) is 3.63 Å². The summed E-state index contributed by atoms with van der Waals surface area (Å²) in [4.78, 5) is 0. The van der Waals surface area contributed by atoms with Crippen molar-refractivity contribution in [1.82, 2.24) is 0 Å². The molecule has 0 amide bonds. The fraction of sp³-hybridized carbons (Fsp3) is 0.447. The van der Waals surface area contributed by atoms with Crippen molar-refractivity contribution >= 4 is 14.4 Å². The largest absolute Gasteiger partial charge is 1.00 e. The van der Waals surface area contributed by atoms with Gasteiger partial charge in [0, 0.05) is 0 Å². The van der Waals surface area contributed by atoms with Gasteiger partial charge in [-0.25, -0.2) is 0 Å². The van der Waals surface area contributed by atoms with E-state index in [1.165, 1.54) is 71.9 Å². The van der Waals surface area contributed by atoms with Gasteiger partial charge in [-0.15, -0.1) is 0 Å². The van der Waals surface area contributed by atoms with Gasteiger partial charge in [-0.1, -0.05) is 0 Å². The molecule has 1 fully saturated rings. The van der Waals surface area contributed by atoms with Crippen LogP contribution in [0.1, 0.15) is 120 Å². The summed E-state index contributed by atoms with van der Waals surface area (Å²) in [6.07, 6.45) is 23.1. The second kappa shape index (κ2) is 11.3. The maximum absolute atomic E-state index is 2.77. The van der Waals surface area contributed by atoms with Gasteiger partial charge >= 0.3 is 245 Å². The number of hydrogen-bond donors (Lipinski definition) is 0. The second-order valence-corrected chi connectivity index (χ2v) is 21.1. The zero-order valence-corrected chi connectivity index (χ0v) is 29.7. The van der Waals surface area contributed by atoms with Crippen LogP contribution in [0.25, 0.3) is 22.3 Å². The van der Waals surface area contributed by atoms with E-state index in [0.29, 0.717) is 0 Å². The first-order valence-corrected chi connectivity index (χ1v) is 19.3. The standard InChI is InChI=1S/C27H29.C6H10.C5H5.2ClH.Zr/c1-16-7-9-26(3,4)24-12-18-11-19-13-25-21(17(2)8-10-27(25,5)6)15-23(19)22(18)14-20(16)24;1-2-4-6-5-3-1;1-2-4-5-3-1;;;/h7-9,12-15H,10-11H2,1-6H3;1-5H2;1-3H,4H2;2*1H;/q;;;;;+2/p-2. The normalized spacial score (nSPS) is 22.4. The van der Waals surface area contributed by atoms with Crippen molar-refractivity contribution in [2.24, 2.45) is 0 Å². The molecule has 1 unspecified atom stereocenters. The monoisotopic (exact) mass is 660 g/mol. The van der Waals surface area contributed by atoms with Crippen LogP contribution in [0.4, 0.5) is 0 Å². The summed E-state index contributed by atoms with van der Waals surface area (Å²) >= 11 is -2.02. The van der Waals surface area contributed by atoms with Gasteiger partial charge in [0.2, 0.25) is 0 Å². The van der Waals surface area contributed by atoms with Gasteiger partial charge in [0.05, 0.1) is 0 Å². The summed E-state index contributed by atoms with van der Waals surface area (Å²) < 4.78 is 4.59. The number of halogens is 2. The third-order valence-electron chi connectivity index (χ3n) is 10.8. The smallest absolute Gasteiger partial charge is 1.00 e. The van der Waals surface area contributed by atoms with E-state index in [0.717, 1.165) is 16.5 Å². The molecule has 0 heterocycles. The van der Waals surface area contributed by atoms with Crippen LogP contribution in [-0.2, 0) is 38.5 Å². The van der Waals surface area contributed by atoms with Gasteiger partial charge in [0.15, 0.2) is 0 Å². The molecule has 0 saturated heterocycles. The van der Waals surface area contributed by atoms with E-state index in [9.17, 15) is 0 Å². The predicted octanol–water partition coefficient (Wildman–Crippen LogP) is 4.43. The first-order chi connectivity index (χ1) is 18.6. The van der Waals surface area contributed by atoms with Crippen molar-refractivity contribution in [1.29, 1.82) is 0 Å². The minimum Gasteiger partial charge on any atom is -1.00 e. The minimum absolute atomic E-state index is 0. The molecule has 5 aliphatic carbocycles. The molecule has 5 aliphatic rings. The van der Waals surface area contributed by atoms with Crippen molar-refractivity contribution in [2.75, 3.05) is 0 Å². The number of hydrogen-bond acceptors (Lipinski definition) is 0. The molecule has 0 nitrogen and oxygen atoms in total. The van der Waals surface area contributed by atoms with Crippen LogP contribution in [-0.4, -0.2) is 3.21 Å². The molecule has 0 radical (unpaired) electrons. The van der Waals surface area contributed by atoms with Crippen LogP contribution in [0.5, 0.6) is 0 Å². The van der Waals surface area contributed by atoms with Gasteiger partial charge in [0.25, 0.3) is 0 Å². The van der Waals surface area contributed by atoms with E-state index in [1.807, 2.05) is 6.49 Å². The molecular weight excluding hydrogens is 619 g/mol. The Morgan fingerprint density at radius 3 is 2.02 bits per heavy atom. The van der Waals surface area contributed by atoms with Gasteiger partial charge in [-0.3, -0.25) is 0 Å². The maximum atomic E-state index is 2.77. The van der Waals surface area contributed by atoms with E-state index in [4.69, 9.17) is 0 Å². The first-order valence-electron chi connectivity index (χ1n) is 15.4. The maximum Gasteiger partial charge on any atom is -1.00 e. The Kier molecular flexibility index (Phi) is 8.62. The van der Waals surface area contributed by atoms with E-state index >= 15 is 0 Å². The first kappa shape index (κ1) is 31.2. The molecule has 0 aliphatic heterocycles. The SMILES string of the molecule is CC1=CCC(C)(C)c2cc3c(cc21)-c1cc2c(cc1C3)C(C)(C)[CH]([Zr+2]([C]1=CC=CC1)=[C]1CCCCC1)C=C2C.[Cl-].[Cl-]. The summed E-state index contributed by atoms with van der Waals surface area (Å²) in [7, 11) is 0. The van der Waals surface area contributed by atoms with Gasteiger partial charge < -0.3 is 24.8 Å². The predicted molar refractivity (Wildman–Crippen MR) is 166 cm³/mol. The van der Waals surface area contributed by atoms with Crippen molar-refractivity contribution in [2.45, 2.75) is 107 Å². The number of allylic oxidation sites excluding steroid dienone is 8. The fourth-order valence-corrected chi connectivity index (χ4v) is 18.4. The molecule has 1 saturated carbocycles. The second-order valence-electron chi connectivity index (χ2n) is 14.2. The van der Waals surface area contributed by atoms with Crippen LogP contribution in [0, 0.1) is 0 Å². The summed E-state index contributed by atoms with van der Waals surface area (Å²) in [6.45, 7) is 14.7. The molecule has 2 aromatic rings. The zero-order valence-electron chi connectivity index (χ0n) is 25.7. The van der Waals surface area contributed by atoms with Crippen LogP contribution in [0.15, 0.2) is 57.9 Å². The minimum atomic E-state index is -2.02. The van der Waals surface area contributed by atoms with Gasteiger partial charge in [-0.2, -0.15) is 0 Å². The molecular formula is C38H44Cl2Zr. The summed E-state index contributed by atoms with van der Waals surface area (Å²) in [5, 5.41) is 0. The van der Waals surface area contributed by atoms with E-state index in [2.05, 4.69) is 96.2 Å². The topological polar surface area (TPSA) is 0 Å². The Hall–Kier alpha value is -1.27. The molecule has 3 heteroatoms.